The molecule has 0 unspecified atom stereocenters. The molecule has 172 valence electrons. The number of halogens is 5. The van der Waals surface area contributed by atoms with Crippen LogP contribution in [-0.2, 0) is 17.8 Å². The Labute approximate surface area is 180 Å². The molecule has 6 nitrogen and oxygen atoms in total. The van der Waals surface area contributed by atoms with Crippen molar-refractivity contribution in [3.8, 4) is 5.88 Å². The molecule has 0 saturated heterocycles. The smallest absolute Gasteiger partial charge is 0.456 e. The number of nitrogens with one attached hydrogen (secondary N) is 1. The summed E-state index contributed by atoms with van der Waals surface area (Å²) in [7, 11) is 0. The Hall–Kier alpha value is -3.11. The topological polar surface area (TPSA) is 81.2 Å². The van der Waals surface area contributed by atoms with E-state index in [0.717, 1.165) is 18.9 Å². The van der Waals surface area contributed by atoms with Gasteiger partial charge in [0.05, 0.1) is 0 Å². The molecule has 1 amide bonds. The van der Waals surface area contributed by atoms with Crippen LogP contribution in [0.15, 0.2) is 30.5 Å². The Balaban J connectivity index is 1.54. The zero-order chi connectivity index (χ0) is 23.5. The van der Waals surface area contributed by atoms with Crippen molar-refractivity contribution in [3.05, 3.63) is 53.0 Å². The molecule has 3 rings (SSSR count). The first-order chi connectivity index (χ1) is 14.9. The maximum absolute atomic E-state index is 12.9. The predicted octanol–water partition coefficient (Wildman–Crippen LogP) is 3.81. The van der Waals surface area contributed by atoms with Crippen molar-refractivity contribution in [1.29, 1.82) is 0 Å². The first kappa shape index (κ1) is 23.6. The maximum atomic E-state index is 12.9. The fraction of sp³-hybridized carbons (Fsp3) is 0.429. The van der Waals surface area contributed by atoms with Gasteiger partial charge in [0.1, 0.15) is 5.78 Å². The molecule has 0 aliphatic heterocycles. The first-order valence-electron chi connectivity index (χ1n) is 9.75. The van der Waals surface area contributed by atoms with E-state index in [9.17, 15) is 31.5 Å². The summed E-state index contributed by atoms with van der Waals surface area (Å²) in [5, 5.41) is 2.65. The monoisotopic (exact) mass is 457 g/mol. The number of carbonyl (C=O) groups is 2. The van der Waals surface area contributed by atoms with Crippen molar-refractivity contribution in [3.63, 3.8) is 0 Å². The summed E-state index contributed by atoms with van der Waals surface area (Å²) in [4.78, 5) is 32.4. The van der Waals surface area contributed by atoms with E-state index in [1.54, 1.807) is 19.1 Å². The molecule has 0 aromatic carbocycles. The standard InChI is InChI=1S/C21H20F5N3O3/c1-12-6-15(7-16(29-12)8-17(30)14-3-4-14)19(31)28-10-13-2-5-18(27-9-13)32-11-20(22,23)21(24,25)26/h2,5-7,9,14H,3-4,8,10-11H2,1H3,(H,28,31). The molecular weight excluding hydrogens is 437 g/mol. The van der Waals surface area contributed by atoms with E-state index in [-0.39, 0.29) is 24.7 Å². The quantitative estimate of drug-likeness (QED) is 0.580. The van der Waals surface area contributed by atoms with Gasteiger partial charge in [0.2, 0.25) is 5.88 Å². The van der Waals surface area contributed by atoms with E-state index in [4.69, 9.17) is 0 Å². The molecule has 1 saturated carbocycles. The number of alkyl halides is 5. The number of carbonyl (C=O) groups excluding carboxylic acids is 2. The fourth-order valence-corrected chi connectivity index (χ4v) is 2.82. The van der Waals surface area contributed by atoms with Crippen LogP contribution < -0.4 is 10.1 Å². The van der Waals surface area contributed by atoms with Crippen LogP contribution in [0.3, 0.4) is 0 Å². The molecule has 32 heavy (non-hydrogen) atoms. The van der Waals surface area contributed by atoms with Crippen LogP contribution in [0.1, 0.15) is 40.2 Å². The molecular formula is C21H20F5N3O3. The highest BCUT2D eigenvalue weighted by atomic mass is 19.4. The number of ether oxygens (including phenoxy) is 1. The lowest BCUT2D eigenvalue weighted by Crippen LogP contribution is -2.41. The Bertz CT molecular complexity index is 989. The third-order valence-corrected chi connectivity index (χ3v) is 4.72. The number of hydrogen-bond acceptors (Lipinski definition) is 5. The van der Waals surface area contributed by atoms with Gasteiger partial charge >= 0.3 is 12.1 Å². The largest absolute Gasteiger partial charge is 0.471 e. The van der Waals surface area contributed by atoms with E-state index >= 15 is 0 Å². The Morgan fingerprint density at radius 2 is 1.88 bits per heavy atom. The van der Waals surface area contributed by atoms with Gasteiger partial charge in [-0.2, -0.15) is 22.0 Å². The van der Waals surface area contributed by atoms with Crippen LogP contribution in [0, 0.1) is 12.8 Å². The fourth-order valence-electron chi connectivity index (χ4n) is 2.82. The number of Topliss-reactive ketones (excluding diaryl/α,β-unsaturated/α-hetero) is 1. The van der Waals surface area contributed by atoms with E-state index in [1.165, 1.54) is 12.3 Å². The van der Waals surface area contributed by atoms with Gasteiger partial charge < -0.3 is 10.1 Å². The maximum Gasteiger partial charge on any atom is 0.456 e. The second kappa shape index (κ2) is 9.17. The number of amides is 1. The summed E-state index contributed by atoms with van der Waals surface area (Å²) in [6, 6.07) is 5.65. The van der Waals surface area contributed by atoms with E-state index in [1.807, 2.05) is 0 Å². The summed E-state index contributed by atoms with van der Waals surface area (Å²) >= 11 is 0. The zero-order valence-corrected chi connectivity index (χ0v) is 17.0. The minimum Gasteiger partial charge on any atom is -0.471 e. The Morgan fingerprint density at radius 3 is 2.47 bits per heavy atom. The number of aromatic nitrogens is 2. The summed E-state index contributed by atoms with van der Waals surface area (Å²) in [6.07, 6.45) is -2.57. The summed E-state index contributed by atoms with van der Waals surface area (Å²) in [5.74, 6) is -5.62. The molecule has 0 bridgehead atoms. The second-order valence-corrected chi connectivity index (χ2v) is 7.58. The van der Waals surface area contributed by atoms with Crippen LogP contribution in [0.5, 0.6) is 5.88 Å². The highest BCUT2D eigenvalue weighted by molar-refractivity contribution is 5.94. The molecule has 2 heterocycles. The van der Waals surface area contributed by atoms with Crippen LogP contribution in [0.25, 0.3) is 0 Å². The third kappa shape index (κ3) is 6.21. The lowest BCUT2D eigenvalue weighted by molar-refractivity contribution is -0.290. The number of rotatable bonds is 9. The highest BCUT2D eigenvalue weighted by Crippen LogP contribution is 2.35. The molecule has 0 radical (unpaired) electrons. The Morgan fingerprint density at radius 1 is 1.16 bits per heavy atom. The van der Waals surface area contributed by atoms with E-state index in [2.05, 4.69) is 20.0 Å². The van der Waals surface area contributed by atoms with E-state index in [0.29, 0.717) is 22.5 Å². The number of nitrogens with zero attached hydrogens (tertiary/aromatic N) is 2. The molecule has 1 fully saturated rings. The van der Waals surface area contributed by atoms with Gasteiger partial charge in [0.25, 0.3) is 5.91 Å². The van der Waals surface area contributed by atoms with Crippen molar-refractivity contribution in [2.45, 2.75) is 44.8 Å². The molecule has 2 aromatic heterocycles. The average molecular weight is 457 g/mol. The molecule has 1 aliphatic carbocycles. The summed E-state index contributed by atoms with van der Waals surface area (Å²) in [6.45, 7) is -0.137. The van der Waals surface area contributed by atoms with Gasteiger partial charge in [-0.05, 0) is 37.5 Å². The number of hydrogen-bond donors (Lipinski definition) is 1. The van der Waals surface area contributed by atoms with Gasteiger partial charge in [-0.15, -0.1) is 0 Å². The van der Waals surface area contributed by atoms with Crippen LogP contribution in [0.4, 0.5) is 22.0 Å². The summed E-state index contributed by atoms with van der Waals surface area (Å²) in [5.41, 5.74) is 1.92. The van der Waals surface area contributed by atoms with Gasteiger partial charge in [0.15, 0.2) is 6.61 Å². The van der Waals surface area contributed by atoms with Crippen molar-refractivity contribution in [1.82, 2.24) is 15.3 Å². The zero-order valence-electron chi connectivity index (χ0n) is 17.0. The third-order valence-electron chi connectivity index (χ3n) is 4.72. The van der Waals surface area contributed by atoms with Crippen molar-refractivity contribution in [2.75, 3.05) is 6.61 Å². The second-order valence-electron chi connectivity index (χ2n) is 7.58. The molecule has 11 heteroatoms. The van der Waals surface area contributed by atoms with Gasteiger partial charge in [-0.3, -0.25) is 14.6 Å². The Kier molecular flexibility index (Phi) is 6.75. The van der Waals surface area contributed by atoms with Gasteiger partial charge in [-0.25, -0.2) is 4.98 Å². The minimum absolute atomic E-state index is 0.0303. The molecule has 1 N–H and O–H groups in total. The van der Waals surface area contributed by atoms with Crippen molar-refractivity contribution in [2.24, 2.45) is 5.92 Å². The van der Waals surface area contributed by atoms with Crippen molar-refractivity contribution < 1.29 is 36.3 Å². The highest BCUT2D eigenvalue weighted by Gasteiger charge is 2.58. The number of ketones is 1. The lowest BCUT2D eigenvalue weighted by atomic mass is 10.1. The number of pyridine rings is 2. The van der Waals surface area contributed by atoms with Crippen molar-refractivity contribution >= 4 is 11.7 Å². The normalized spacial score (nSPS) is 14.2. The SMILES string of the molecule is Cc1cc(C(=O)NCc2ccc(OCC(F)(F)C(F)(F)F)nc2)cc(CC(=O)C2CC2)n1. The minimum atomic E-state index is -5.71. The van der Waals surface area contributed by atoms with Gasteiger partial charge in [0, 0.05) is 48.1 Å². The van der Waals surface area contributed by atoms with Gasteiger partial charge in [-0.1, -0.05) is 6.07 Å². The molecule has 0 spiro atoms. The molecule has 1 aliphatic rings. The molecule has 0 atom stereocenters. The van der Waals surface area contributed by atoms with Crippen LogP contribution in [-0.4, -0.2) is 40.4 Å². The predicted molar refractivity (Wildman–Crippen MR) is 102 cm³/mol. The lowest BCUT2D eigenvalue weighted by Gasteiger charge is -2.19. The summed E-state index contributed by atoms with van der Waals surface area (Å²) < 4.78 is 66.7. The molecule has 2 aromatic rings. The first-order valence-corrected chi connectivity index (χ1v) is 9.75. The van der Waals surface area contributed by atoms with E-state index < -0.39 is 30.5 Å². The number of aryl methyl sites for hydroxylation is 1. The van der Waals surface area contributed by atoms with Crippen LogP contribution in [0.2, 0.25) is 0 Å². The average Bonchev–Trinajstić information content (AvgIpc) is 3.55. The van der Waals surface area contributed by atoms with Crippen LogP contribution >= 0.6 is 0 Å².